The monoisotopic (exact) mass is 351 g/mol. The van der Waals surface area contributed by atoms with Gasteiger partial charge in [0.15, 0.2) is 0 Å². The SMILES string of the molecule is CC(=O)Nc1nc2n(n1)[C@H](c1ccc(F)cc1)C[C@@H](c1ccccc1)N2. The second kappa shape index (κ2) is 6.59. The summed E-state index contributed by atoms with van der Waals surface area (Å²) in [7, 11) is 0. The number of fused-ring (bicyclic) bond motifs is 1. The van der Waals surface area contributed by atoms with Gasteiger partial charge in [0.25, 0.3) is 5.95 Å². The lowest BCUT2D eigenvalue weighted by Gasteiger charge is -2.31. The van der Waals surface area contributed by atoms with Crippen molar-refractivity contribution in [2.24, 2.45) is 0 Å². The van der Waals surface area contributed by atoms with Gasteiger partial charge in [0.1, 0.15) is 5.82 Å². The molecule has 7 heteroatoms. The Morgan fingerprint density at radius 1 is 1.15 bits per heavy atom. The average Bonchev–Trinajstić information content (AvgIpc) is 3.04. The standard InChI is InChI=1S/C19H18FN5O/c1-12(26)21-18-23-19-22-16(13-5-3-2-4-6-13)11-17(25(19)24-18)14-7-9-15(20)10-8-14/h2-10,16-17H,11H2,1H3,(H2,21,22,23,24,26)/t16-,17-/m0/s1. The van der Waals surface area contributed by atoms with E-state index in [9.17, 15) is 9.18 Å². The van der Waals surface area contributed by atoms with Crippen molar-refractivity contribution >= 4 is 17.8 Å². The van der Waals surface area contributed by atoms with Crippen molar-refractivity contribution in [3.63, 3.8) is 0 Å². The first-order valence-electron chi connectivity index (χ1n) is 8.41. The molecule has 2 aromatic carbocycles. The van der Waals surface area contributed by atoms with Crippen LogP contribution in [-0.4, -0.2) is 20.7 Å². The Morgan fingerprint density at radius 3 is 2.58 bits per heavy atom. The Morgan fingerprint density at radius 2 is 1.88 bits per heavy atom. The maximum absolute atomic E-state index is 13.3. The van der Waals surface area contributed by atoms with Crippen molar-refractivity contribution in [1.82, 2.24) is 14.8 Å². The molecule has 2 heterocycles. The summed E-state index contributed by atoms with van der Waals surface area (Å²) in [6, 6.07) is 16.4. The van der Waals surface area contributed by atoms with Gasteiger partial charge in [0.2, 0.25) is 11.9 Å². The number of benzene rings is 2. The van der Waals surface area contributed by atoms with Crippen molar-refractivity contribution in [2.75, 3.05) is 10.6 Å². The normalized spacial score (nSPS) is 18.7. The fourth-order valence-electron chi connectivity index (χ4n) is 3.25. The molecule has 4 rings (SSSR count). The van der Waals surface area contributed by atoms with E-state index in [2.05, 4.69) is 32.8 Å². The highest BCUT2D eigenvalue weighted by Gasteiger charge is 2.31. The highest BCUT2D eigenvalue weighted by Crippen LogP contribution is 2.38. The van der Waals surface area contributed by atoms with Crippen LogP contribution in [0.3, 0.4) is 0 Å². The largest absolute Gasteiger partial charge is 0.347 e. The molecule has 1 amide bonds. The van der Waals surface area contributed by atoms with Crippen LogP contribution in [0.2, 0.25) is 0 Å². The number of halogens is 1. The Hall–Kier alpha value is -3.22. The molecule has 1 aliphatic heterocycles. The zero-order valence-electron chi connectivity index (χ0n) is 14.2. The van der Waals surface area contributed by atoms with Gasteiger partial charge in [-0.2, -0.15) is 4.98 Å². The van der Waals surface area contributed by atoms with Crippen LogP contribution in [0.1, 0.15) is 36.6 Å². The Labute approximate surface area is 150 Å². The van der Waals surface area contributed by atoms with Gasteiger partial charge in [-0.15, -0.1) is 5.10 Å². The van der Waals surface area contributed by atoms with Crippen molar-refractivity contribution in [1.29, 1.82) is 0 Å². The minimum Gasteiger partial charge on any atom is -0.347 e. The number of carbonyl (C=O) groups excluding carboxylic acids is 1. The van der Waals surface area contributed by atoms with E-state index in [0.29, 0.717) is 5.95 Å². The van der Waals surface area contributed by atoms with Gasteiger partial charge in [-0.25, -0.2) is 9.07 Å². The zero-order chi connectivity index (χ0) is 18.1. The molecule has 0 radical (unpaired) electrons. The molecule has 0 saturated carbocycles. The summed E-state index contributed by atoms with van der Waals surface area (Å²) >= 11 is 0. The maximum Gasteiger partial charge on any atom is 0.250 e. The summed E-state index contributed by atoms with van der Waals surface area (Å²) < 4.78 is 15.1. The van der Waals surface area contributed by atoms with Crippen LogP contribution in [0.15, 0.2) is 54.6 Å². The lowest BCUT2D eigenvalue weighted by atomic mass is 9.93. The molecule has 0 bridgehead atoms. The number of anilines is 2. The third-order valence-corrected chi connectivity index (χ3v) is 4.43. The molecule has 0 spiro atoms. The van der Waals surface area contributed by atoms with E-state index in [1.165, 1.54) is 19.1 Å². The van der Waals surface area contributed by atoms with E-state index in [1.807, 2.05) is 18.2 Å². The minimum absolute atomic E-state index is 0.0353. The zero-order valence-corrected chi connectivity index (χ0v) is 14.2. The summed E-state index contributed by atoms with van der Waals surface area (Å²) in [6.07, 6.45) is 0.728. The molecule has 0 fully saturated rings. The predicted molar refractivity (Wildman–Crippen MR) is 96.3 cm³/mol. The second-order valence-electron chi connectivity index (χ2n) is 6.30. The van der Waals surface area contributed by atoms with Crippen LogP contribution in [0.5, 0.6) is 0 Å². The third kappa shape index (κ3) is 3.15. The van der Waals surface area contributed by atoms with E-state index in [4.69, 9.17) is 0 Å². The summed E-state index contributed by atoms with van der Waals surface area (Å²) in [5.74, 6) is 0.315. The highest BCUT2D eigenvalue weighted by atomic mass is 19.1. The molecule has 2 atom stereocenters. The van der Waals surface area contributed by atoms with Crippen LogP contribution in [0, 0.1) is 5.82 Å². The lowest BCUT2D eigenvalue weighted by molar-refractivity contribution is -0.114. The Balaban J connectivity index is 1.75. The Kier molecular flexibility index (Phi) is 4.12. The number of amides is 1. The highest BCUT2D eigenvalue weighted by molar-refractivity contribution is 5.86. The van der Waals surface area contributed by atoms with E-state index in [0.717, 1.165) is 17.5 Å². The first-order valence-corrected chi connectivity index (χ1v) is 8.41. The van der Waals surface area contributed by atoms with Crippen molar-refractivity contribution in [2.45, 2.75) is 25.4 Å². The van der Waals surface area contributed by atoms with Gasteiger partial charge < -0.3 is 5.32 Å². The van der Waals surface area contributed by atoms with Crippen LogP contribution >= 0.6 is 0 Å². The van der Waals surface area contributed by atoms with Gasteiger partial charge in [-0.3, -0.25) is 10.1 Å². The number of hydrogen-bond donors (Lipinski definition) is 2. The van der Waals surface area contributed by atoms with Gasteiger partial charge in [0, 0.05) is 6.92 Å². The van der Waals surface area contributed by atoms with Crippen LogP contribution in [0.4, 0.5) is 16.3 Å². The van der Waals surface area contributed by atoms with Gasteiger partial charge >= 0.3 is 0 Å². The molecular weight excluding hydrogens is 333 g/mol. The summed E-state index contributed by atoms with van der Waals surface area (Å²) in [6.45, 7) is 1.41. The molecule has 0 saturated heterocycles. The molecule has 132 valence electrons. The van der Waals surface area contributed by atoms with Crippen molar-refractivity contribution in [3.8, 4) is 0 Å². The second-order valence-corrected chi connectivity index (χ2v) is 6.30. The number of carbonyl (C=O) groups is 1. The van der Waals surface area contributed by atoms with E-state index >= 15 is 0 Å². The molecule has 26 heavy (non-hydrogen) atoms. The predicted octanol–water partition coefficient (Wildman–Crippen LogP) is 3.52. The topological polar surface area (TPSA) is 71.8 Å². The number of nitrogens with one attached hydrogen (secondary N) is 2. The molecule has 1 aliphatic rings. The molecule has 1 aromatic heterocycles. The quantitative estimate of drug-likeness (QED) is 0.757. The van der Waals surface area contributed by atoms with Gasteiger partial charge in [0.05, 0.1) is 12.1 Å². The Bertz CT molecular complexity index is 923. The number of nitrogens with zero attached hydrogens (tertiary/aromatic N) is 3. The smallest absolute Gasteiger partial charge is 0.250 e. The lowest BCUT2D eigenvalue weighted by Crippen LogP contribution is -2.28. The summed E-state index contributed by atoms with van der Waals surface area (Å²) in [5.41, 5.74) is 2.07. The molecule has 2 N–H and O–H groups in total. The molecule has 3 aromatic rings. The number of rotatable bonds is 3. The van der Waals surface area contributed by atoms with Gasteiger partial charge in [-0.1, -0.05) is 42.5 Å². The van der Waals surface area contributed by atoms with Crippen LogP contribution < -0.4 is 10.6 Å². The summed E-state index contributed by atoms with van der Waals surface area (Å²) in [4.78, 5) is 15.7. The number of hydrogen-bond acceptors (Lipinski definition) is 4. The van der Waals surface area contributed by atoms with E-state index < -0.39 is 0 Å². The molecular formula is C19H18FN5O. The van der Waals surface area contributed by atoms with E-state index in [1.54, 1.807) is 16.8 Å². The van der Waals surface area contributed by atoms with Crippen molar-refractivity contribution < 1.29 is 9.18 Å². The van der Waals surface area contributed by atoms with Crippen LogP contribution in [-0.2, 0) is 4.79 Å². The molecule has 0 aliphatic carbocycles. The average molecular weight is 351 g/mol. The first kappa shape index (κ1) is 16.3. The molecule has 0 unspecified atom stereocenters. The molecule has 6 nitrogen and oxygen atoms in total. The third-order valence-electron chi connectivity index (χ3n) is 4.43. The van der Waals surface area contributed by atoms with E-state index in [-0.39, 0.29) is 29.8 Å². The van der Waals surface area contributed by atoms with Crippen molar-refractivity contribution in [3.05, 3.63) is 71.5 Å². The maximum atomic E-state index is 13.3. The first-order chi connectivity index (χ1) is 12.6. The van der Waals surface area contributed by atoms with Crippen LogP contribution in [0.25, 0.3) is 0 Å². The minimum atomic E-state index is -0.278. The number of aromatic nitrogens is 3. The fraction of sp³-hybridized carbons (Fsp3) is 0.211. The summed E-state index contributed by atoms with van der Waals surface area (Å²) in [5, 5.41) is 10.4. The fourth-order valence-corrected chi connectivity index (χ4v) is 3.25. The van der Waals surface area contributed by atoms with Gasteiger partial charge in [-0.05, 0) is 29.7 Å².